The van der Waals surface area contributed by atoms with Crippen LogP contribution >= 0.6 is 0 Å². The molecule has 0 radical (unpaired) electrons. The van der Waals surface area contributed by atoms with Crippen LogP contribution in [0, 0.1) is 0 Å². The van der Waals surface area contributed by atoms with Gasteiger partial charge in [0.25, 0.3) is 5.91 Å². The fraction of sp³-hybridized carbons (Fsp3) is 0.467. The highest BCUT2D eigenvalue weighted by molar-refractivity contribution is 7.87. The zero-order valence-electron chi connectivity index (χ0n) is 13.6. The van der Waals surface area contributed by atoms with Crippen LogP contribution in [0.5, 0.6) is 5.75 Å². The summed E-state index contributed by atoms with van der Waals surface area (Å²) in [6.45, 7) is 0.0417. The maximum Gasteiger partial charge on any atom is 0.367 e. The first-order chi connectivity index (χ1) is 11.5. The molecule has 1 aliphatic rings. The third kappa shape index (κ3) is 4.31. The van der Waals surface area contributed by atoms with Crippen LogP contribution in [-0.4, -0.2) is 43.6 Å². The van der Waals surface area contributed by atoms with E-state index >= 15 is 0 Å². The second-order valence-corrected chi connectivity index (χ2v) is 7.37. The zero-order valence-corrected chi connectivity index (χ0v) is 14.4. The Kier molecular flexibility index (Phi) is 5.43. The number of halogens is 2. The van der Waals surface area contributed by atoms with Crippen LogP contribution in [0.3, 0.4) is 0 Å². The SMILES string of the molecule is COc1ccc(CN2C(=O)CCC(OS(=O)(=O)C(C)(F)F)C2=O)cc1. The number of methoxy groups -OCH3 is 1. The van der Waals surface area contributed by atoms with E-state index < -0.39 is 33.3 Å². The summed E-state index contributed by atoms with van der Waals surface area (Å²) in [5, 5.41) is -4.14. The van der Waals surface area contributed by atoms with Crippen LogP contribution in [0.25, 0.3) is 0 Å². The van der Waals surface area contributed by atoms with E-state index in [0.29, 0.717) is 11.3 Å². The Morgan fingerprint density at radius 3 is 2.36 bits per heavy atom. The highest BCUT2D eigenvalue weighted by Crippen LogP contribution is 2.27. The number of carbonyl (C=O) groups excluding carboxylic acids is 2. The Balaban J connectivity index is 2.15. The van der Waals surface area contributed by atoms with E-state index in [-0.39, 0.29) is 26.3 Å². The molecule has 138 valence electrons. The number of ether oxygens (including phenoxy) is 1. The molecular formula is C15H17F2NO6S. The molecule has 1 unspecified atom stereocenters. The minimum atomic E-state index is -5.26. The van der Waals surface area contributed by atoms with Gasteiger partial charge in [-0.3, -0.25) is 18.7 Å². The van der Waals surface area contributed by atoms with Crippen molar-refractivity contribution < 1.29 is 35.7 Å². The minimum absolute atomic E-state index is 0.121. The van der Waals surface area contributed by atoms with Gasteiger partial charge in [-0.1, -0.05) is 12.1 Å². The van der Waals surface area contributed by atoms with Crippen molar-refractivity contribution in [1.82, 2.24) is 4.90 Å². The lowest BCUT2D eigenvalue weighted by atomic mass is 10.1. The lowest BCUT2D eigenvalue weighted by Crippen LogP contribution is -2.49. The van der Waals surface area contributed by atoms with Gasteiger partial charge >= 0.3 is 15.4 Å². The molecule has 1 aliphatic heterocycles. The van der Waals surface area contributed by atoms with Crippen molar-refractivity contribution in [2.75, 3.05) is 7.11 Å². The number of rotatable bonds is 6. The molecule has 1 atom stereocenters. The van der Waals surface area contributed by atoms with Gasteiger partial charge in [-0.05, 0) is 24.1 Å². The molecule has 0 aromatic heterocycles. The van der Waals surface area contributed by atoms with Gasteiger partial charge in [0.15, 0.2) is 6.10 Å². The van der Waals surface area contributed by atoms with E-state index in [2.05, 4.69) is 4.18 Å². The topological polar surface area (TPSA) is 90.0 Å². The lowest BCUT2D eigenvalue weighted by molar-refractivity contribution is -0.155. The first-order valence-corrected chi connectivity index (χ1v) is 8.74. The second kappa shape index (κ2) is 7.04. The van der Waals surface area contributed by atoms with Gasteiger partial charge in [-0.2, -0.15) is 17.2 Å². The summed E-state index contributed by atoms with van der Waals surface area (Å²) in [5.74, 6) is -0.904. The number of hydrogen-bond acceptors (Lipinski definition) is 6. The molecule has 1 aromatic rings. The standard InChI is InChI=1S/C15H17F2NO6S/c1-15(16,17)25(21,22)24-12-7-8-13(19)18(14(12)20)9-10-3-5-11(23-2)6-4-10/h3-6,12H,7-9H2,1-2H3. The molecule has 1 heterocycles. The number of alkyl halides is 2. The molecular weight excluding hydrogens is 360 g/mol. The van der Waals surface area contributed by atoms with Crippen LogP contribution in [0.15, 0.2) is 24.3 Å². The van der Waals surface area contributed by atoms with Gasteiger partial charge < -0.3 is 4.74 Å². The number of imide groups is 1. The molecule has 0 bridgehead atoms. The number of hydrogen-bond donors (Lipinski definition) is 0. The number of carbonyl (C=O) groups is 2. The second-order valence-electron chi connectivity index (χ2n) is 5.55. The molecule has 0 spiro atoms. The summed E-state index contributed by atoms with van der Waals surface area (Å²) in [5.41, 5.74) is 0.590. The van der Waals surface area contributed by atoms with E-state index in [1.54, 1.807) is 24.3 Å². The fourth-order valence-corrected chi connectivity index (χ4v) is 2.87. The highest BCUT2D eigenvalue weighted by atomic mass is 32.2. The predicted octanol–water partition coefficient (Wildman–Crippen LogP) is 1.67. The molecule has 1 saturated heterocycles. The molecule has 25 heavy (non-hydrogen) atoms. The van der Waals surface area contributed by atoms with Crippen LogP contribution < -0.4 is 4.74 Å². The Morgan fingerprint density at radius 1 is 1.24 bits per heavy atom. The molecule has 2 rings (SSSR count). The van der Waals surface area contributed by atoms with Crippen molar-refractivity contribution in [2.45, 2.75) is 37.7 Å². The van der Waals surface area contributed by atoms with Gasteiger partial charge in [0.05, 0.1) is 13.7 Å². The zero-order chi connectivity index (χ0) is 18.8. The van der Waals surface area contributed by atoms with E-state index in [0.717, 1.165) is 4.90 Å². The van der Waals surface area contributed by atoms with Crippen LogP contribution in [-0.2, 0) is 30.4 Å². The maximum absolute atomic E-state index is 13.1. The van der Waals surface area contributed by atoms with Crippen molar-refractivity contribution in [1.29, 1.82) is 0 Å². The predicted molar refractivity (Wildman–Crippen MR) is 82.2 cm³/mol. The number of nitrogens with zero attached hydrogens (tertiary/aromatic N) is 1. The first kappa shape index (κ1) is 19.3. The van der Waals surface area contributed by atoms with Gasteiger partial charge in [-0.25, -0.2) is 0 Å². The Morgan fingerprint density at radius 2 is 1.84 bits per heavy atom. The largest absolute Gasteiger partial charge is 0.497 e. The molecule has 0 aliphatic carbocycles. The molecule has 7 nitrogen and oxygen atoms in total. The lowest BCUT2D eigenvalue weighted by Gasteiger charge is -2.30. The summed E-state index contributed by atoms with van der Waals surface area (Å²) in [6.07, 6.45) is -2.10. The summed E-state index contributed by atoms with van der Waals surface area (Å²) in [7, 11) is -3.78. The third-order valence-corrected chi connectivity index (χ3v) is 5.01. The van der Waals surface area contributed by atoms with E-state index in [1.807, 2.05) is 0 Å². The summed E-state index contributed by atoms with van der Waals surface area (Å²) < 4.78 is 58.4. The van der Waals surface area contributed by atoms with Gasteiger partial charge in [0.2, 0.25) is 5.91 Å². The van der Waals surface area contributed by atoms with Crippen molar-refractivity contribution in [3.63, 3.8) is 0 Å². The molecule has 10 heteroatoms. The quantitative estimate of drug-likeness (QED) is 0.553. The monoisotopic (exact) mass is 377 g/mol. The van der Waals surface area contributed by atoms with Crippen LogP contribution in [0.1, 0.15) is 25.3 Å². The summed E-state index contributed by atoms with van der Waals surface area (Å²) in [4.78, 5) is 25.1. The van der Waals surface area contributed by atoms with Gasteiger partial charge in [-0.15, -0.1) is 0 Å². The van der Waals surface area contributed by atoms with E-state index in [1.165, 1.54) is 7.11 Å². The Labute approximate surface area is 143 Å². The molecule has 1 aromatic carbocycles. The van der Waals surface area contributed by atoms with Crippen molar-refractivity contribution in [3.8, 4) is 5.75 Å². The van der Waals surface area contributed by atoms with Gasteiger partial charge in [0, 0.05) is 13.3 Å². The van der Waals surface area contributed by atoms with Crippen molar-refractivity contribution in [3.05, 3.63) is 29.8 Å². The minimum Gasteiger partial charge on any atom is -0.497 e. The maximum atomic E-state index is 13.1. The number of likely N-dealkylation sites (tertiary alicyclic amines) is 1. The Hall–Kier alpha value is -2.07. The average molecular weight is 377 g/mol. The summed E-state index contributed by atoms with van der Waals surface area (Å²) in [6, 6.07) is 6.51. The first-order valence-electron chi connectivity index (χ1n) is 7.33. The third-order valence-electron chi connectivity index (χ3n) is 3.64. The summed E-state index contributed by atoms with van der Waals surface area (Å²) >= 11 is 0. The number of benzene rings is 1. The molecule has 0 N–H and O–H groups in total. The van der Waals surface area contributed by atoms with E-state index in [4.69, 9.17) is 4.74 Å². The smallest absolute Gasteiger partial charge is 0.367 e. The van der Waals surface area contributed by atoms with Crippen molar-refractivity contribution in [2.24, 2.45) is 0 Å². The van der Waals surface area contributed by atoms with Crippen LogP contribution in [0.2, 0.25) is 0 Å². The highest BCUT2D eigenvalue weighted by Gasteiger charge is 2.46. The van der Waals surface area contributed by atoms with Crippen molar-refractivity contribution >= 4 is 21.9 Å². The molecule has 0 saturated carbocycles. The normalized spacial score (nSPS) is 19.2. The fourth-order valence-electron chi connectivity index (χ4n) is 2.22. The Bertz CT molecular complexity index is 757. The molecule has 1 fully saturated rings. The molecule has 2 amide bonds. The van der Waals surface area contributed by atoms with Crippen LogP contribution in [0.4, 0.5) is 8.78 Å². The van der Waals surface area contributed by atoms with E-state index in [9.17, 15) is 26.8 Å². The van der Waals surface area contributed by atoms with Gasteiger partial charge in [0.1, 0.15) is 5.75 Å². The average Bonchev–Trinajstić information content (AvgIpc) is 2.53. The number of amides is 2. The number of piperidine rings is 1.